The molecule has 1 aromatic heterocycles. The quantitative estimate of drug-likeness (QED) is 0.797. The summed E-state index contributed by atoms with van der Waals surface area (Å²) in [6.45, 7) is 2.12. The summed E-state index contributed by atoms with van der Waals surface area (Å²) in [5, 5.41) is 0. The third-order valence-corrected chi connectivity index (χ3v) is 5.87. The Morgan fingerprint density at radius 2 is 1.77 bits per heavy atom. The van der Waals surface area contributed by atoms with Crippen molar-refractivity contribution in [3.05, 3.63) is 23.8 Å². The van der Waals surface area contributed by atoms with Crippen LogP contribution in [0.15, 0.2) is 12.4 Å². The summed E-state index contributed by atoms with van der Waals surface area (Å²) in [5.74, 6) is 0. The summed E-state index contributed by atoms with van der Waals surface area (Å²) in [6.07, 6.45) is 4.77. The van der Waals surface area contributed by atoms with Crippen LogP contribution in [0.4, 0.5) is 0 Å². The van der Waals surface area contributed by atoms with E-state index >= 15 is 0 Å². The molecule has 0 aliphatic carbocycles. The number of aryl methyl sites for hydroxylation is 1. The molecular formula is C10H18N2Sn. The molecule has 0 aliphatic heterocycles. The summed E-state index contributed by atoms with van der Waals surface area (Å²) in [4.78, 5) is 16.1. The Bertz CT molecular complexity index is 278. The molecule has 1 heterocycles. The van der Waals surface area contributed by atoms with Gasteiger partial charge in [-0.15, -0.1) is 0 Å². The van der Waals surface area contributed by atoms with Crippen molar-refractivity contribution in [3.63, 3.8) is 0 Å². The van der Waals surface area contributed by atoms with Gasteiger partial charge in [-0.1, -0.05) is 0 Å². The van der Waals surface area contributed by atoms with Crippen LogP contribution >= 0.6 is 0 Å². The standard InChI is InChI=1S/C7H9N2.3CH3.Sn/c1-3-7-5-8-4-6(2)9-7;;;;/h4-5H,2-3H2,1H3;3*1H3;. The van der Waals surface area contributed by atoms with Crippen LogP contribution in [0, 0.1) is 0 Å². The Labute approximate surface area is 84.7 Å². The molecule has 0 fully saturated rings. The fourth-order valence-electron chi connectivity index (χ4n) is 1.25. The van der Waals surface area contributed by atoms with E-state index in [0.29, 0.717) is 0 Å². The summed E-state index contributed by atoms with van der Waals surface area (Å²) in [5.41, 5.74) is 2.32. The van der Waals surface area contributed by atoms with Crippen LogP contribution in [-0.2, 0) is 10.9 Å². The van der Waals surface area contributed by atoms with Gasteiger partial charge >= 0.3 is 84.7 Å². The number of rotatable bonds is 3. The maximum absolute atomic E-state index is 4.57. The second-order valence-electron chi connectivity index (χ2n) is 4.59. The molecular weight excluding hydrogens is 267 g/mol. The van der Waals surface area contributed by atoms with Crippen molar-refractivity contribution in [1.29, 1.82) is 0 Å². The molecule has 0 saturated heterocycles. The fraction of sp³-hybridized carbons (Fsp3) is 0.600. The van der Waals surface area contributed by atoms with Crippen LogP contribution in [0.25, 0.3) is 0 Å². The number of hydrogen-bond acceptors (Lipinski definition) is 2. The molecule has 13 heavy (non-hydrogen) atoms. The first-order valence-electron chi connectivity index (χ1n) is 4.81. The van der Waals surface area contributed by atoms with Gasteiger partial charge in [-0.25, -0.2) is 0 Å². The van der Waals surface area contributed by atoms with Gasteiger partial charge in [0.15, 0.2) is 0 Å². The van der Waals surface area contributed by atoms with Crippen LogP contribution in [0.1, 0.15) is 18.3 Å². The van der Waals surface area contributed by atoms with E-state index in [1.54, 1.807) is 0 Å². The molecule has 0 saturated carbocycles. The average molecular weight is 285 g/mol. The van der Waals surface area contributed by atoms with E-state index in [-0.39, 0.29) is 0 Å². The number of nitrogens with zero attached hydrogens (tertiary/aromatic N) is 2. The van der Waals surface area contributed by atoms with Gasteiger partial charge in [0.1, 0.15) is 0 Å². The van der Waals surface area contributed by atoms with E-state index in [2.05, 4.69) is 31.7 Å². The zero-order valence-corrected chi connectivity index (χ0v) is 11.8. The Kier molecular flexibility index (Phi) is 3.71. The Morgan fingerprint density at radius 3 is 2.31 bits per heavy atom. The van der Waals surface area contributed by atoms with E-state index in [0.717, 1.165) is 12.1 Å². The summed E-state index contributed by atoms with van der Waals surface area (Å²) in [6, 6.07) is 0. The molecule has 0 N–H and O–H groups in total. The molecule has 1 aromatic rings. The number of hydrogen-bond donors (Lipinski definition) is 0. The topological polar surface area (TPSA) is 25.8 Å². The van der Waals surface area contributed by atoms with E-state index in [1.165, 1.54) is 10.1 Å². The second kappa shape index (κ2) is 4.40. The monoisotopic (exact) mass is 286 g/mol. The molecule has 1 rings (SSSR count). The molecule has 0 atom stereocenters. The van der Waals surface area contributed by atoms with Crippen LogP contribution in [0.3, 0.4) is 0 Å². The summed E-state index contributed by atoms with van der Waals surface area (Å²) >= 11 is -1.72. The molecule has 0 amide bonds. The average Bonchev–Trinajstić information content (AvgIpc) is 2.01. The fourth-order valence-corrected chi connectivity index (χ4v) is 4.84. The van der Waals surface area contributed by atoms with Gasteiger partial charge in [-0.3, -0.25) is 0 Å². The first-order valence-corrected chi connectivity index (χ1v) is 15.4. The summed E-state index contributed by atoms with van der Waals surface area (Å²) < 4.78 is 1.20. The van der Waals surface area contributed by atoms with Crippen molar-refractivity contribution in [2.75, 3.05) is 0 Å². The SMILES string of the molecule is CCc1cncc([CH2][Sn]([CH3])([CH3])[CH3])n1. The van der Waals surface area contributed by atoms with Crippen molar-refractivity contribution in [2.45, 2.75) is 32.6 Å². The van der Waals surface area contributed by atoms with Crippen molar-refractivity contribution in [2.24, 2.45) is 0 Å². The van der Waals surface area contributed by atoms with Crippen molar-refractivity contribution in [1.82, 2.24) is 9.97 Å². The number of aromatic nitrogens is 2. The first-order chi connectivity index (χ1) is 6.01. The van der Waals surface area contributed by atoms with Crippen molar-refractivity contribution in [3.8, 4) is 0 Å². The maximum atomic E-state index is 4.57. The van der Waals surface area contributed by atoms with Crippen LogP contribution in [0.2, 0.25) is 14.8 Å². The van der Waals surface area contributed by atoms with Crippen molar-refractivity contribution < 1.29 is 0 Å². The molecule has 0 aliphatic rings. The van der Waals surface area contributed by atoms with Gasteiger partial charge in [0.05, 0.1) is 0 Å². The van der Waals surface area contributed by atoms with Gasteiger partial charge in [-0.05, 0) is 0 Å². The molecule has 0 aromatic carbocycles. The zero-order chi connectivity index (χ0) is 9.90. The van der Waals surface area contributed by atoms with Gasteiger partial charge in [0.2, 0.25) is 0 Å². The molecule has 3 heteroatoms. The zero-order valence-electron chi connectivity index (χ0n) is 8.96. The molecule has 0 spiro atoms. The molecule has 72 valence electrons. The minimum atomic E-state index is -1.72. The van der Waals surface area contributed by atoms with E-state index in [1.807, 2.05) is 12.4 Å². The molecule has 0 unspecified atom stereocenters. The normalized spacial score (nSPS) is 11.7. The van der Waals surface area contributed by atoms with Gasteiger partial charge in [-0.2, -0.15) is 0 Å². The summed E-state index contributed by atoms with van der Waals surface area (Å²) in [7, 11) is 0. The Balaban J connectivity index is 2.78. The first kappa shape index (κ1) is 11.0. The van der Waals surface area contributed by atoms with E-state index in [4.69, 9.17) is 0 Å². The van der Waals surface area contributed by atoms with Crippen LogP contribution in [0.5, 0.6) is 0 Å². The third kappa shape index (κ3) is 4.07. The van der Waals surface area contributed by atoms with Crippen LogP contribution in [-0.4, -0.2) is 28.3 Å². The van der Waals surface area contributed by atoms with E-state index in [9.17, 15) is 0 Å². The second-order valence-corrected chi connectivity index (χ2v) is 20.2. The molecule has 0 bridgehead atoms. The Hall–Kier alpha value is -0.121. The predicted molar refractivity (Wildman–Crippen MR) is 58.5 cm³/mol. The third-order valence-electron chi connectivity index (χ3n) is 1.81. The van der Waals surface area contributed by atoms with Gasteiger partial charge < -0.3 is 0 Å². The predicted octanol–water partition coefficient (Wildman–Crippen LogP) is 2.46. The van der Waals surface area contributed by atoms with Gasteiger partial charge in [0.25, 0.3) is 0 Å². The van der Waals surface area contributed by atoms with E-state index < -0.39 is 18.4 Å². The van der Waals surface area contributed by atoms with Gasteiger partial charge in [0, 0.05) is 0 Å². The van der Waals surface area contributed by atoms with Crippen LogP contribution < -0.4 is 0 Å². The molecule has 0 radical (unpaired) electrons. The molecule has 2 nitrogen and oxygen atoms in total. The minimum absolute atomic E-state index is 0.987. The Morgan fingerprint density at radius 1 is 1.15 bits per heavy atom. The van der Waals surface area contributed by atoms with Crippen molar-refractivity contribution >= 4 is 18.4 Å².